The van der Waals surface area contributed by atoms with Crippen molar-refractivity contribution in [3.63, 3.8) is 0 Å². The molecule has 1 saturated carbocycles. The summed E-state index contributed by atoms with van der Waals surface area (Å²) in [6.07, 6.45) is 3.42. The number of carboxylic acids is 1. The molecule has 92 valence electrons. The summed E-state index contributed by atoms with van der Waals surface area (Å²) < 4.78 is 6.54. The van der Waals surface area contributed by atoms with Crippen LogP contribution >= 0.6 is 15.9 Å². The number of rotatable bonds is 4. The summed E-state index contributed by atoms with van der Waals surface area (Å²) in [6.45, 7) is 0. The van der Waals surface area contributed by atoms with E-state index in [4.69, 9.17) is 15.6 Å². The Morgan fingerprint density at radius 1 is 1.53 bits per heavy atom. The molecule has 1 aromatic carbocycles. The molecule has 3 N–H and O–H groups in total. The van der Waals surface area contributed by atoms with Gasteiger partial charge in [-0.3, -0.25) is 4.79 Å². The highest BCUT2D eigenvalue weighted by Gasteiger charge is 2.24. The molecule has 1 atom stereocenters. The molecule has 0 heterocycles. The fourth-order valence-electron chi connectivity index (χ4n) is 1.67. The molecule has 0 radical (unpaired) electrons. The van der Waals surface area contributed by atoms with Crippen LogP contribution in [0.15, 0.2) is 22.7 Å². The normalized spacial score (nSPS) is 17.3. The summed E-state index contributed by atoms with van der Waals surface area (Å²) in [5.41, 5.74) is 6.16. The number of halogens is 1. The first-order valence-electron chi connectivity index (χ1n) is 5.52. The van der Waals surface area contributed by atoms with E-state index in [1.807, 2.05) is 6.07 Å². The predicted molar refractivity (Wildman–Crippen MR) is 67.0 cm³/mol. The zero-order valence-electron chi connectivity index (χ0n) is 9.23. The SMILES string of the molecule is NC(C(=O)O)c1cc(Br)ccc1OC1CCC1. The lowest BCUT2D eigenvalue weighted by Gasteiger charge is -2.28. The monoisotopic (exact) mass is 299 g/mol. The molecular formula is C12H14BrNO3. The number of nitrogens with two attached hydrogens (primary N) is 1. The summed E-state index contributed by atoms with van der Waals surface area (Å²) >= 11 is 3.31. The molecule has 0 spiro atoms. The molecule has 17 heavy (non-hydrogen) atoms. The van der Waals surface area contributed by atoms with Crippen LogP contribution in [0.25, 0.3) is 0 Å². The molecular weight excluding hydrogens is 286 g/mol. The van der Waals surface area contributed by atoms with Gasteiger partial charge in [-0.15, -0.1) is 0 Å². The molecule has 2 rings (SSSR count). The molecule has 1 fully saturated rings. The topological polar surface area (TPSA) is 72.6 Å². The third kappa shape index (κ3) is 2.79. The minimum atomic E-state index is -1.05. The lowest BCUT2D eigenvalue weighted by molar-refractivity contribution is -0.138. The summed E-state index contributed by atoms with van der Waals surface area (Å²) in [6, 6.07) is 4.24. The average molecular weight is 300 g/mol. The minimum Gasteiger partial charge on any atom is -0.490 e. The summed E-state index contributed by atoms with van der Waals surface area (Å²) in [5.74, 6) is -0.477. The highest BCUT2D eigenvalue weighted by Crippen LogP contribution is 2.32. The van der Waals surface area contributed by atoms with Crippen molar-refractivity contribution < 1.29 is 14.6 Å². The van der Waals surface area contributed by atoms with Crippen LogP contribution in [0.2, 0.25) is 0 Å². The van der Waals surface area contributed by atoms with Crippen LogP contribution in [0.4, 0.5) is 0 Å². The van der Waals surface area contributed by atoms with E-state index >= 15 is 0 Å². The number of benzene rings is 1. The second kappa shape index (κ2) is 5.06. The Balaban J connectivity index is 2.26. The van der Waals surface area contributed by atoms with Crippen molar-refractivity contribution in [2.24, 2.45) is 5.73 Å². The van der Waals surface area contributed by atoms with Gasteiger partial charge in [0.2, 0.25) is 0 Å². The van der Waals surface area contributed by atoms with Gasteiger partial charge in [0.05, 0.1) is 6.10 Å². The smallest absolute Gasteiger partial charge is 0.325 e. The van der Waals surface area contributed by atoms with Gasteiger partial charge in [0.1, 0.15) is 11.8 Å². The number of hydrogen-bond donors (Lipinski definition) is 2. The average Bonchev–Trinajstić information content (AvgIpc) is 2.23. The van der Waals surface area contributed by atoms with Crippen LogP contribution in [-0.4, -0.2) is 17.2 Å². The first kappa shape index (κ1) is 12.4. The van der Waals surface area contributed by atoms with Gasteiger partial charge in [-0.1, -0.05) is 15.9 Å². The maximum atomic E-state index is 10.9. The first-order valence-corrected chi connectivity index (χ1v) is 6.31. The van der Waals surface area contributed by atoms with Gasteiger partial charge in [-0.25, -0.2) is 0 Å². The van der Waals surface area contributed by atoms with E-state index in [9.17, 15) is 4.79 Å². The number of carboxylic acid groups (broad SMARTS) is 1. The van der Waals surface area contributed by atoms with Crippen LogP contribution in [-0.2, 0) is 4.79 Å². The van der Waals surface area contributed by atoms with Crippen molar-refractivity contribution in [3.8, 4) is 5.75 Å². The van der Waals surface area contributed by atoms with Crippen LogP contribution in [0.3, 0.4) is 0 Å². The number of aliphatic carboxylic acids is 1. The largest absolute Gasteiger partial charge is 0.490 e. The second-order valence-electron chi connectivity index (χ2n) is 4.17. The lowest BCUT2D eigenvalue weighted by atomic mass is 9.96. The molecule has 1 aliphatic carbocycles. The molecule has 1 unspecified atom stereocenters. The lowest BCUT2D eigenvalue weighted by Crippen LogP contribution is -2.27. The molecule has 0 saturated heterocycles. The quantitative estimate of drug-likeness (QED) is 0.896. The molecule has 0 aliphatic heterocycles. The van der Waals surface area contributed by atoms with Gasteiger partial charge in [-0.05, 0) is 37.5 Å². The third-order valence-corrected chi connectivity index (χ3v) is 3.41. The van der Waals surface area contributed by atoms with Crippen molar-refractivity contribution in [2.75, 3.05) is 0 Å². The van der Waals surface area contributed by atoms with E-state index < -0.39 is 12.0 Å². The van der Waals surface area contributed by atoms with Gasteiger partial charge < -0.3 is 15.6 Å². The Labute approximate surface area is 108 Å². The Morgan fingerprint density at radius 3 is 2.76 bits per heavy atom. The maximum absolute atomic E-state index is 10.9. The molecule has 1 aliphatic rings. The first-order chi connectivity index (χ1) is 8.08. The highest BCUT2D eigenvalue weighted by atomic mass is 79.9. The van der Waals surface area contributed by atoms with Crippen molar-refractivity contribution in [1.82, 2.24) is 0 Å². The Hall–Kier alpha value is -1.07. The summed E-state index contributed by atoms with van der Waals surface area (Å²) in [5, 5.41) is 8.96. The maximum Gasteiger partial charge on any atom is 0.325 e. The predicted octanol–water partition coefficient (Wildman–Crippen LogP) is 2.46. The molecule has 0 aromatic heterocycles. The Bertz CT molecular complexity index is 432. The van der Waals surface area contributed by atoms with Crippen LogP contribution in [0.5, 0.6) is 5.75 Å². The van der Waals surface area contributed by atoms with Crippen molar-refractivity contribution in [1.29, 1.82) is 0 Å². The van der Waals surface area contributed by atoms with Gasteiger partial charge >= 0.3 is 5.97 Å². The molecule has 4 nitrogen and oxygen atoms in total. The summed E-state index contributed by atoms with van der Waals surface area (Å²) in [4.78, 5) is 10.9. The van der Waals surface area contributed by atoms with Crippen molar-refractivity contribution in [3.05, 3.63) is 28.2 Å². The second-order valence-corrected chi connectivity index (χ2v) is 5.08. The zero-order chi connectivity index (χ0) is 12.4. The van der Waals surface area contributed by atoms with Crippen LogP contribution in [0, 0.1) is 0 Å². The fraction of sp³-hybridized carbons (Fsp3) is 0.417. The van der Waals surface area contributed by atoms with Crippen molar-refractivity contribution in [2.45, 2.75) is 31.4 Å². The van der Waals surface area contributed by atoms with Crippen LogP contribution < -0.4 is 10.5 Å². The van der Waals surface area contributed by atoms with E-state index in [0.717, 1.165) is 17.3 Å². The van der Waals surface area contributed by atoms with E-state index in [-0.39, 0.29) is 6.10 Å². The van der Waals surface area contributed by atoms with Gasteiger partial charge in [0, 0.05) is 10.0 Å². The summed E-state index contributed by atoms with van der Waals surface area (Å²) in [7, 11) is 0. The van der Waals surface area contributed by atoms with Gasteiger partial charge in [-0.2, -0.15) is 0 Å². The molecule has 0 bridgehead atoms. The fourth-order valence-corrected chi connectivity index (χ4v) is 2.05. The van der Waals surface area contributed by atoms with Gasteiger partial charge in [0.25, 0.3) is 0 Å². The van der Waals surface area contributed by atoms with E-state index in [2.05, 4.69) is 15.9 Å². The van der Waals surface area contributed by atoms with Crippen LogP contribution in [0.1, 0.15) is 30.9 Å². The molecule has 1 aromatic rings. The zero-order valence-corrected chi connectivity index (χ0v) is 10.8. The van der Waals surface area contributed by atoms with Gasteiger partial charge in [0.15, 0.2) is 0 Å². The number of carbonyl (C=O) groups is 1. The minimum absolute atomic E-state index is 0.205. The highest BCUT2D eigenvalue weighted by molar-refractivity contribution is 9.10. The molecule has 5 heteroatoms. The van der Waals surface area contributed by atoms with E-state index in [1.54, 1.807) is 12.1 Å². The van der Waals surface area contributed by atoms with E-state index in [0.29, 0.717) is 11.3 Å². The van der Waals surface area contributed by atoms with Crippen molar-refractivity contribution >= 4 is 21.9 Å². The molecule has 0 amide bonds. The number of ether oxygens (including phenoxy) is 1. The Kier molecular flexibility index (Phi) is 3.69. The Morgan fingerprint density at radius 2 is 2.24 bits per heavy atom. The third-order valence-electron chi connectivity index (χ3n) is 2.92. The van der Waals surface area contributed by atoms with E-state index in [1.165, 1.54) is 6.42 Å². The standard InChI is InChI=1S/C12H14BrNO3/c13-7-4-5-10(17-8-2-1-3-8)9(6-7)11(14)12(15)16/h4-6,8,11H,1-3,14H2,(H,15,16). The number of hydrogen-bond acceptors (Lipinski definition) is 3.